The number of carbonyl (C=O) groups excluding carboxylic acids is 1. The molecule has 5 heteroatoms. The van der Waals surface area contributed by atoms with Crippen molar-refractivity contribution in [2.75, 3.05) is 0 Å². The van der Waals surface area contributed by atoms with E-state index in [2.05, 4.69) is 4.98 Å². The third-order valence-electron chi connectivity index (χ3n) is 2.00. The molecule has 0 unspecified atom stereocenters. The van der Waals surface area contributed by atoms with Gasteiger partial charge in [-0.05, 0) is 41.9 Å². The molecule has 2 rings (SSSR count). The zero-order chi connectivity index (χ0) is 12.3. The minimum absolute atomic E-state index is 0.329. The standard InChI is InChI=1S/C12H7Cl2NO2/c13-9-2-4-10(5-3-9)17-11-6-1-8(7-15-11)12(14)16/h1-7H. The lowest BCUT2D eigenvalue weighted by atomic mass is 10.3. The van der Waals surface area contributed by atoms with Gasteiger partial charge in [-0.3, -0.25) is 4.79 Å². The lowest BCUT2D eigenvalue weighted by Gasteiger charge is -2.04. The van der Waals surface area contributed by atoms with Crippen molar-refractivity contribution in [3.63, 3.8) is 0 Å². The van der Waals surface area contributed by atoms with Crippen molar-refractivity contribution >= 4 is 28.4 Å². The van der Waals surface area contributed by atoms with E-state index in [0.29, 0.717) is 22.2 Å². The normalized spacial score (nSPS) is 10.0. The molecule has 0 aliphatic heterocycles. The number of benzene rings is 1. The topological polar surface area (TPSA) is 39.2 Å². The number of aromatic nitrogens is 1. The molecule has 0 aliphatic rings. The number of rotatable bonds is 3. The molecule has 1 heterocycles. The van der Waals surface area contributed by atoms with E-state index in [1.165, 1.54) is 6.20 Å². The molecule has 17 heavy (non-hydrogen) atoms. The Morgan fingerprint density at radius 3 is 2.35 bits per heavy atom. The minimum atomic E-state index is -0.546. The third-order valence-corrected chi connectivity index (χ3v) is 2.47. The Morgan fingerprint density at radius 2 is 1.82 bits per heavy atom. The number of nitrogens with zero attached hydrogens (tertiary/aromatic N) is 1. The van der Waals surface area contributed by atoms with Crippen LogP contribution in [0.4, 0.5) is 0 Å². The predicted molar refractivity (Wildman–Crippen MR) is 65.9 cm³/mol. The van der Waals surface area contributed by atoms with Gasteiger partial charge in [0.1, 0.15) is 5.75 Å². The van der Waals surface area contributed by atoms with E-state index in [1.54, 1.807) is 36.4 Å². The van der Waals surface area contributed by atoms with Crippen LogP contribution in [-0.4, -0.2) is 10.2 Å². The van der Waals surface area contributed by atoms with Gasteiger partial charge < -0.3 is 4.74 Å². The van der Waals surface area contributed by atoms with Gasteiger partial charge in [0, 0.05) is 17.3 Å². The number of carbonyl (C=O) groups is 1. The first-order valence-electron chi connectivity index (χ1n) is 4.74. The van der Waals surface area contributed by atoms with E-state index in [-0.39, 0.29) is 0 Å². The molecular weight excluding hydrogens is 261 g/mol. The van der Waals surface area contributed by atoms with E-state index in [0.717, 1.165) is 0 Å². The van der Waals surface area contributed by atoms with E-state index in [4.69, 9.17) is 27.9 Å². The van der Waals surface area contributed by atoms with Crippen LogP contribution in [0, 0.1) is 0 Å². The molecule has 0 spiro atoms. The highest BCUT2D eigenvalue weighted by Crippen LogP contribution is 2.21. The molecule has 0 fully saturated rings. The van der Waals surface area contributed by atoms with Crippen molar-refractivity contribution in [2.45, 2.75) is 0 Å². The van der Waals surface area contributed by atoms with Gasteiger partial charge in [-0.25, -0.2) is 4.98 Å². The number of hydrogen-bond donors (Lipinski definition) is 0. The summed E-state index contributed by atoms with van der Waals surface area (Å²) in [5.41, 5.74) is 0.329. The third kappa shape index (κ3) is 3.19. The summed E-state index contributed by atoms with van der Waals surface area (Å²) in [6, 6.07) is 10.0. The predicted octanol–water partition coefficient (Wildman–Crippen LogP) is 3.91. The van der Waals surface area contributed by atoms with Crippen molar-refractivity contribution in [3.8, 4) is 11.6 Å². The summed E-state index contributed by atoms with van der Waals surface area (Å²) in [6.07, 6.45) is 1.36. The van der Waals surface area contributed by atoms with Crippen molar-refractivity contribution < 1.29 is 9.53 Å². The average molecular weight is 268 g/mol. The maximum atomic E-state index is 10.8. The van der Waals surface area contributed by atoms with Crippen LogP contribution >= 0.6 is 23.2 Å². The van der Waals surface area contributed by atoms with Gasteiger partial charge in [0.25, 0.3) is 5.24 Å². The van der Waals surface area contributed by atoms with Crippen LogP contribution in [-0.2, 0) is 0 Å². The highest BCUT2D eigenvalue weighted by atomic mass is 35.5. The van der Waals surface area contributed by atoms with Crippen molar-refractivity contribution in [3.05, 3.63) is 53.2 Å². The first-order valence-corrected chi connectivity index (χ1v) is 5.50. The maximum Gasteiger partial charge on any atom is 0.253 e. The van der Waals surface area contributed by atoms with E-state index in [9.17, 15) is 4.79 Å². The smallest absolute Gasteiger partial charge is 0.253 e. The monoisotopic (exact) mass is 267 g/mol. The lowest BCUT2D eigenvalue weighted by molar-refractivity contribution is 0.108. The SMILES string of the molecule is O=C(Cl)c1ccc(Oc2ccc(Cl)cc2)nc1. The number of ether oxygens (including phenoxy) is 1. The fourth-order valence-electron chi connectivity index (χ4n) is 1.18. The minimum Gasteiger partial charge on any atom is -0.439 e. The van der Waals surface area contributed by atoms with Gasteiger partial charge in [-0.15, -0.1) is 0 Å². The number of halogens is 2. The number of hydrogen-bond acceptors (Lipinski definition) is 3. The van der Waals surface area contributed by atoms with Crippen molar-refractivity contribution in [1.82, 2.24) is 4.98 Å². The van der Waals surface area contributed by atoms with Crippen LogP contribution in [0.15, 0.2) is 42.6 Å². The van der Waals surface area contributed by atoms with Gasteiger partial charge in [0.15, 0.2) is 0 Å². The molecule has 0 radical (unpaired) electrons. The summed E-state index contributed by atoms with van der Waals surface area (Å²) < 4.78 is 5.44. The molecule has 2 aromatic rings. The van der Waals surface area contributed by atoms with Crippen molar-refractivity contribution in [1.29, 1.82) is 0 Å². The molecule has 0 N–H and O–H groups in total. The second-order valence-corrected chi connectivity index (χ2v) is 3.99. The molecule has 86 valence electrons. The van der Waals surface area contributed by atoms with Crippen LogP contribution in [0.5, 0.6) is 11.6 Å². The van der Waals surface area contributed by atoms with E-state index in [1.807, 2.05) is 0 Å². The van der Waals surface area contributed by atoms with Gasteiger partial charge in [0.2, 0.25) is 5.88 Å². The highest BCUT2D eigenvalue weighted by Gasteiger charge is 2.03. The summed E-state index contributed by atoms with van der Waals surface area (Å²) in [6.45, 7) is 0. The van der Waals surface area contributed by atoms with Crippen LogP contribution in [0.1, 0.15) is 10.4 Å². The zero-order valence-electron chi connectivity index (χ0n) is 8.56. The highest BCUT2D eigenvalue weighted by molar-refractivity contribution is 6.67. The second kappa shape index (κ2) is 5.17. The summed E-state index contributed by atoms with van der Waals surface area (Å²) in [5.74, 6) is 1.00. The summed E-state index contributed by atoms with van der Waals surface area (Å²) >= 11 is 11.0. The molecule has 0 saturated heterocycles. The maximum absolute atomic E-state index is 10.8. The number of pyridine rings is 1. The Morgan fingerprint density at radius 1 is 1.12 bits per heavy atom. The van der Waals surface area contributed by atoms with Gasteiger partial charge in [0.05, 0.1) is 5.56 Å². The molecule has 0 bridgehead atoms. The van der Waals surface area contributed by atoms with E-state index < -0.39 is 5.24 Å². The molecule has 0 atom stereocenters. The van der Waals surface area contributed by atoms with Gasteiger partial charge in [-0.1, -0.05) is 11.6 Å². The second-order valence-electron chi connectivity index (χ2n) is 3.21. The van der Waals surface area contributed by atoms with Crippen LogP contribution in [0.3, 0.4) is 0 Å². The first-order chi connectivity index (χ1) is 8.15. The van der Waals surface area contributed by atoms with E-state index >= 15 is 0 Å². The van der Waals surface area contributed by atoms with Gasteiger partial charge in [-0.2, -0.15) is 0 Å². The fraction of sp³-hybridized carbons (Fsp3) is 0. The lowest BCUT2D eigenvalue weighted by Crippen LogP contribution is -1.92. The Labute approximate surface area is 108 Å². The van der Waals surface area contributed by atoms with Crippen LogP contribution in [0.25, 0.3) is 0 Å². The Bertz CT molecular complexity index is 523. The Kier molecular flexibility index (Phi) is 3.61. The average Bonchev–Trinajstić information content (AvgIpc) is 2.33. The Hall–Kier alpha value is -1.58. The molecular formula is C12H7Cl2NO2. The molecule has 1 aromatic heterocycles. The van der Waals surface area contributed by atoms with Gasteiger partial charge >= 0.3 is 0 Å². The van der Waals surface area contributed by atoms with Crippen LogP contribution in [0.2, 0.25) is 5.02 Å². The largest absolute Gasteiger partial charge is 0.439 e. The Balaban J connectivity index is 2.13. The first kappa shape index (κ1) is 11.9. The molecule has 0 aliphatic carbocycles. The zero-order valence-corrected chi connectivity index (χ0v) is 10.1. The van der Waals surface area contributed by atoms with Crippen molar-refractivity contribution in [2.24, 2.45) is 0 Å². The molecule has 3 nitrogen and oxygen atoms in total. The summed E-state index contributed by atoms with van der Waals surface area (Å²) in [5, 5.41) is 0.0870. The molecule has 0 saturated carbocycles. The molecule has 0 amide bonds. The van der Waals surface area contributed by atoms with Crippen LogP contribution < -0.4 is 4.74 Å². The fourth-order valence-corrected chi connectivity index (χ4v) is 1.42. The molecule has 1 aromatic carbocycles. The quantitative estimate of drug-likeness (QED) is 0.792. The summed E-state index contributed by atoms with van der Waals surface area (Å²) in [4.78, 5) is 14.8. The summed E-state index contributed by atoms with van der Waals surface area (Å²) in [7, 11) is 0.